The number of hydrogen-bond acceptors (Lipinski definition) is 8. The zero-order chi connectivity index (χ0) is 31.6. The zero-order valence-electron chi connectivity index (χ0n) is 26.0. The molecule has 0 bridgehead atoms. The van der Waals surface area contributed by atoms with Crippen molar-refractivity contribution < 1.29 is 27.2 Å². The van der Waals surface area contributed by atoms with Gasteiger partial charge in [0.25, 0.3) is 5.91 Å². The first-order chi connectivity index (χ1) is 20.9. The SMILES string of the molecule is COc1cc(C)c(S(=O)(=O)N(Cc2nc(C(=O)N(C)Cc3ccc(CN4CCC(NC(C)=O)C4)cc3)co2)C2CC2)c(C)c1. The molecular formula is C32H41N5O6S. The van der Waals surface area contributed by atoms with Gasteiger partial charge in [-0.2, -0.15) is 4.31 Å². The van der Waals surface area contributed by atoms with E-state index in [2.05, 4.69) is 27.3 Å². The molecular weight excluding hydrogens is 582 g/mol. The van der Waals surface area contributed by atoms with Gasteiger partial charge in [-0.25, -0.2) is 13.4 Å². The van der Waals surface area contributed by atoms with Gasteiger partial charge >= 0.3 is 0 Å². The summed E-state index contributed by atoms with van der Waals surface area (Å²) in [5, 5.41) is 2.99. The van der Waals surface area contributed by atoms with Crippen LogP contribution in [0.1, 0.15) is 64.8 Å². The van der Waals surface area contributed by atoms with E-state index < -0.39 is 10.0 Å². The second-order valence-electron chi connectivity index (χ2n) is 11.9. The maximum Gasteiger partial charge on any atom is 0.275 e. The summed E-state index contributed by atoms with van der Waals surface area (Å²) in [7, 11) is -0.593. The number of likely N-dealkylation sites (tertiary alicyclic amines) is 1. The predicted octanol–water partition coefficient (Wildman–Crippen LogP) is 3.64. The van der Waals surface area contributed by atoms with Crippen molar-refractivity contribution in [2.24, 2.45) is 0 Å². The molecule has 1 aromatic heterocycles. The zero-order valence-corrected chi connectivity index (χ0v) is 26.8. The molecule has 2 fully saturated rings. The third-order valence-electron chi connectivity index (χ3n) is 8.13. The van der Waals surface area contributed by atoms with Gasteiger partial charge in [0, 0.05) is 52.2 Å². The second kappa shape index (κ2) is 13.1. The van der Waals surface area contributed by atoms with E-state index in [1.54, 1.807) is 52.0 Å². The molecule has 236 valence electrons. The quantitative estimate of drug-likeness (QED) is 0.324. The molecule has 1 saturated carbocycles. The molecule has 2 heterocycles. The second-order valence-corrected chi connectivity index (χ2v) is 13.7. The maximum absolute atomic E-state index is 13.8. The minimum Gasteiger partial charge on any atom is -0.497 e. The van der Waals surface area contributed by atoms with Crippen LogP contribution in [0, 0.1) is 13.8 Å². The summed E-state index contributed by atoms with van der Waals surface area (Å²) in [5.41, 5.74) is 3.49. The lowest BCUT2D eigenvalue weighted by atomic mass is 10.1. The van der Waals surface area contributed by atoms with Crippen LogP contribution in [0.25, 0.3) is 0 Å². The Kier molecular flexibility index (Phi) is 9.42. The molecule has 2 amide bonds. The molecule has 1 aliphatic carbocycles. The van der Waals surface area contributed by atoms with Crippen molar-refractivity contribution in [3.05, 3.63) is 76.5 Å². The number of benzene rings is 2. The predicted molar refractivity (Wildman–Crippen MR) is 164 cm³/mol. The summed E-state index contributed by atoms with van der Waals surface area (Å²) < 4.78 is 40.0. The fourth-order valence-corrected chi connectivity index (χ4v) is 7.92. The fourth-order valence-electron chi connectivity index (χ4n) is 5.87. The van der Waals surface area contributed by atoms with Gasteiger partial charge in [-0.1, -0.05) is 24.3 Å². The highest BCUT2D eigenvalue weighted by atomic mass is 32.2. The maximum atomic E-state index is 13.8. The van der Waals surface area contributed by atoms with Crippen LogP contribution in [0.3, 0.4) is 0 Å². The summed E-state index contributed by atoms with van der Waals surface area (Å²) in [6, 6.07) is 11.6. The van der Waals surface area contributed by atoms with Crippen LogP contribution in [-0.2, 0) is 34.5 Å². The molecule has 12 heteroatoms. The van der Waals surface area contributed by atoms with Crippen molar-refractivity contribution in [1.82, 2.24) is 24.4 Å². The lowest BCUT2D eigenvalue weighted by molar-refractivity contribution is -0.119. The van der Waals surface area contributed by atoms with Crippen molar-refractivity contribution in [2.75, 3.05) is 27.2 Å². The Labute approximate surface area is 259 Å². The van der Waals surface area contributed by atoms with E-state index in [1.807, 2.05) is 12.1 Å². The van der Waals surface area contributed by atoms with E-state index in [4.69, 9.17) is 9.15 Å². The van der Waals surface area contributed by atoms with Crippen LogP contribution in [0.15, 0.2) is 52.0 Å². The minimum absolute atomic E-state index is 0.00441. The molecule has 1 N–H and O–H groups in total. The molecule has 1 atom stereocenters. The van der Waals surface area contributed by atoms with E-state index in [0.29, 0.717) is 23.4 Å². The Morgan fingerprint density at radius 1 is 1.07 bits per heavy atom. The number of carbonyl (C=O) groups is 2. The number of hydrogen-bond donors (Lipinski definition) is 1. The number of nitrogens with one attached hydrogen (secondary N) is 1. The van der Waals surface area contributed by atoms with Crippen LogP contribution >= 0.6 is 0 Å². The standard InChI is InChI=1S/C32H41N5O6S/c1-21-14-28(42-5)15-22(2)31(21)44(40,41)37(27-10-11-27)19-30-34-29(20-43-30)32(39)35(4)16-24-6-8-25(9-7-24)17-36-13-12-26(18-36)33-23(3)38/h6-9,14-15,20,26-27H,10-13,16-19H2,1-5H3,(H,33,38). The summed E-state index contributed by atoms with van der Waals surface area (Å²) >= 11 is 0. The van der Waals surface area contributed by atoms with Crippen molar-refractivity contribution in [1.29, 1.82) is 0 Å². The molecule has 1 saturated heterocycles. The normalized spacial score (nSPS) is 17.2. The number of methoxy groups -OCH3 is 1. The highest BCUT2D eigenvalue weighted by Crippen LogP contribution is 2.36. The molecule has 0 radical (unpaired) electrons. The van der Waals surface area contributed by atoms with Crippen LogP contribution in [0.4, 0.5) is 0 Å². The Hall–Kier alpha value is -3.74. The van der Waals surface area contributed by atoms with E-state index >= 15 is 0 Å². The van der Waals surface area contributed by atoms with Crippen LogP contribution in [0.5, 0.6) is 5.75 Å². The van der Waals surface area contributed by atoms with Gasteiger partial charge in [-0.05, 0) is 67.5 Å². The highest BCUT2D eigenvalue weighted by molar-refractivity contribution is 7.89. The number of aryl methyl sites for hydroxylation is 2. The van der Waals surface area contributed by atoms with E-state index in [0.717, 1.165) is 44.5 Å². The molecule has 11 nitrogen and oxygen atoms in total. The molecule has 5 rings (SSSR count). The first-order valence-corrected chi connectivity index (χ1v) is 16.3. The lowest BCUT2D eigenvalue weighted by Gasteiger charge is -2.23. The summed E-state index contributed by atoms with van der Waals surface area (Å²) in [6.45, 7) is 7.98. The topological polar surface area (TPSA) is 125 Å². The van der Waals surface area contributed by atoms with E-state index in [9.17, 15) is 18.0 Å². The third kappa shape index (κ3) is 7.31. The average Bonchev–Trinajstić information content (AvgIpc) is 3.53. The lowest BCUT2D eigenvalue weighted by Crippen LogP contribution is -2.35. The summed E-state index contributed by atoms with van der Waals surface area (Å²) in [6.07, 6.45) is 3.77. The molecule has 1 unspecified atom stereocenters. The van der Waals surface area contributed by atoms with Crippen LogP contribution in [0.2, 0.25) is 0 Å². The van der Waals surface area contributed by atoms with Gasteiger partial charge < -0.3 is 19.4 Å². The van der Waals surface area contributed by atoms with Crippen molar-refractivity contribution in [3.63, 3.8) is 0 Å². The number of sulfonamides is 1. The molecule has 2 aromatic carbocycles. The van der Waals surface area contributed by atoms with Crippen molar-refractivity contribution in [2.45, 2.75) is 76.6 Å². The molecule has 44 heavy (non-hydrogen) atoms. The van der Waals surface area contributed by atoms with Crippen molar-refractivity contribution in [3.8, 4) is 5.75 Å². The number of ether oxygens (including phenoxy) is 1. The number of oxazole rings is 1. The molecule has 3 aromatic rings. The van der Waals surface area contributed by atoms with Gasteiger partial charge in [0.15, 0.2) is 5.69 Å². The number of carbonyl (C=O) groups excluding carboxylic acids is 2. The van der Waals surface area contributed by atoms with E-state index in [-0.39, 0.29) is 46.9 Å². The number of nitrogens with zero attached hydrogens (tertiary/aromatic N) is 4. The molecule has 2 aliphatic rings. The summed E-state index contributed by atoms with van der Waals surface area (Å²) in [5.74, 6) is 0.471. The Balaban J connectivity index is 1.20. The first kappa shape index (κ1) is 31.7. The first-order valence-electron chi connectivity index (χ1n) is 14.9. The fraction of sp³-hybridized carbons (Fsp3) is 0.469. The van der Waals surface area contributed by atoms with Gasteiger partial charge in [0.2, 0.25) is 21.8 Å². The molecule has 0 spiro atoms. The Bertz CT molecular complexity index is 1590. The molecule has 1 aliphatic heterocycles. The number of amides is 2. The number of rotatable bonds is 12. The third-order valence-corrected chi connectivity index (χ3v) is 10.3. The van der Waals surface area contributed by atoms with Gasteiger partial charge in [0.1, 0.15) is 12.0 Å². The van der Waals surface area contributed by atoms with Crippen molar-refractivity contribution >= 4 is 21.8 Å². The smallest absolute Gasteiger partial charge is 0.275 e. The Morgan fingerprint density at radius 3 is 2.34 bits per heavy atom. The van der Waals surface area contributed by atoms with Gasteiger partial charge in [-0.15, -0.1) is 0 Å². The van der Waals surface area contributed by atoms with Gasteiger partial charge in [0.05, 0.1) is 18.6 Å². The highest BCUT2D eigenvalue weighted by Gasteiger charge is 2.40. The van der Waals surface area contributed by atoms with Crippen LogP contribution in [-0.4, -0.2) is 78.7 Å². The monoisotopic (exact) mass is 623 g/mol. The Morgan fingerprint density at radius 2 is 1.73 bits per heavy atom. The number of aromatic nitrogens is 1. The largest absolute Gasteiger partial charge is 0.497 e. The van der Waals surface area contributed by atoms with Crippen LogP contribution < -0.4 is 10.1 Å². The summed E-state index contributed by atoms with van der Waals surface area (Å²) in [4.78, 5) is 33.0. The van der Waals surface area contributed by atoms with E-state index in [1.165, 1.54) is 16.1 Å². The average molecular weight is 624 g/mol. The van der Waals surface area contributed by atoms with Gasteiger partial charge in [-0.3, -0.25) is 14.5 Å². The minimum atomic E-state index is -3.85.